The number of aliphatic hydroxyl groups is 1. The summed E-state index contributed by atoms with van der Waals surface area (Å²) in [6.45, 7) is 4.46. The predicted octanol–water partition coefficient (Wildman–Crippen LogP) is 3.53. The average Bonchev–Trinajstić information content (AvgIpc) is 3.43. The quantitative estimate of drug-likeness (QED) is 0.683. The van der Waals surface area contributed by atoms with Gasteiger partial charge in [0.05, 0.1) is 18.3 Å². The van der Waals surface area contributed by atoms with Crippen molar-refractivity contribution < 1.29 is 9.50 Å². The van der Waals surface area contributed by atoms with E-state index in [9.17, 15) is 9.50 Å². The highest BCUT2D eigenvalue weighted by atomic mass is 19.1. The monoisotopic (exact) mass is 344 g/mol. The zero-order chi connectivity index (χ0) is 17.8. The normalized spacial score (nSPS) is 15.2. The third-order valence-electron chi connectivity index (χ3n) is 4.48. The van der Waals surface area contributed by atoms with Crippen LogP contribution in [0.3, 0.4) is 0 Å². The van der Waals surface area contributed by atoms with Crippen LogP contribution in [0.5, 0.6) is 0 Å². The second-order valence-electron chi connectivity index (χ2n) is 6.90. The number of aliphatic hydroxyl groups excluding tert-OH is 1. The van der Waals surface area contributed by atoms with Crippen LogP contribution in [0.4, 0.5) is 16.2 Å². The van der Waals surface area contributed by atoms with E-state index < -0.39 is 0 Å². The first-order valence-electron chi connectivity index (χ1n) is 8.80. The molecule has 1 aromatic carbocycles. The van der Waals surface area contributed by atoms with Gasteiger partial charge in [0.15, 0.2) is 0 Å². The van der Waals surface area contributed by atoms with Gasteiger partial charge in [0.1, 0.15) is 11.6 Å². The highest BCUT2D eigenvalue weighted by Crippen LogP contribution is 2.40. The maximum Gasteiger partial charge on any atom is 0.225 e. The molecule has 1 saturated carbocycles. The van der Waals surface area contributed by atoms with Gasteiger partial charge in [-0.05, 0) is 24.8 Å². The summed E-state index contributed by atoms with van der Waals surface area (Å²) in [6, 6.07) is 8.54. The molecule has 6 heteroatoms. The van der Waals surface area contributed by atoms with E-state index in [1.54, 1.807) is 12.1 Å². The molecule has 0 bridgehead atoms. The predicted molar refractivity (Wildman–Crippen MR) is 97.1 cm³/mol. The van der Waals surface area contributed by atoms with Gasteiger partial charge in [-0.3, -0.25) is 0 Å². The highest BCUT2D eigenvalue weighted by Gasteiger charge is 2.26. The summed E-state index contributed by atoms with van der Waals surface area (Å²) < 4.78 is 13.8. The van der Waals surface area contributed by atoms with E-state index in [4.69, 9.17) is 0 Å². The number of nitrogens with zero attached hydrogens (tertiary/aromatic N) is 2. The van der Waals surface area contributed by atoms with Crippen molar-refractivity contribution in [2.45, 2.75) is 45.2 Å². The number of nitrogens with one attached hydrogen (secondary N) is 2. The second-order valence-corrected chi connectivity index (χ2v) is 6.90. The molecule has 0 radical (unpaired) electrons. The van der Waals surface area contributed by atoms with E-state index in [-0.39, 0.29) is 24.4 Å². The molecule has 0 unspecified atom stereocenters. The fourth-order valence-electron chi connectivity index (χ4n) is 2.63. The minimum absolute atomic E-state index is 0.0205. The maximum atomic E-state index is 13.8. The molecular weight excluding hydrogens is 319 g/mol. The van der Waals surface area contributed by atoms with Crippen LogP contribution in [0.15, 0.2) is 30.3 Å². The van der Waals surface area contributed by atoms with Gasteiger partial charge in [-0.1, -0.05) is 32.0 Å². The van der Waals surface area contributed by atoms with Gasteiger partial charge in [0, 0.05) is 24.1 Å². The molecule has 1 fully saturated rings. The van der Waals surface area contributed by atoms with Crippen molar-refractivity contribution in [2.75, 3.05) is 17.2 Å². The first-order chi connectivity index (χ1) is 12.1. The van der Waals surface area contributed by atoms with Gasteiger partial charge in [-0.25, -0.2) is 9.37 Å². The molecule has 1 aliphatic rings. The zero-order valence-electron chi connectivity index (χ0n) is 14.7. The molecule has 1 aliphatic carbocycles. The molecule has 0 aliphatic heterocycles. The maximum absolute atomic E-state index is 13.8. The van der Waals surface area contributed by atoms with E-state index in [0.717, 1.165) is 18.5 Å². The Kier molecular flexibility index (Phi) is 5.48. The molecule has 0 amide bonds. The lowest BCUT2D eigenvalue weighted by Crippen LogP contribution is -2.30. The first kappa shape index (κ1) is 17.6. The van der Waals surface area contributed by atoms with Gasteiger partial charge in [0.2, 0.25) is 5.95 Å². The highest BCUT2D eigenvalue weighted by molar-refractivity contribution is 5.45. The molecule has 1 aromatic heterocycles. The Labute approximate surface area is 147 Å². The van der Waals surface area contributed by atoms with E-state index >= 15 is 0 Å². The number of rotatable bonds is 8. The largest absolute Gasteiger partial charge is 0.394 e. The Morgan fingerprint density at radius 2 is 2.00 bits per heavy atom. The second kappa shape index (κ2) is 7.78. The van der Waals surface area contributed by atoms with Crippen molar-refractivity contribution in [3.05, 3.63) is 47.4 Å². The van der Waals surface area contributed by atoms with E-state index in [1.807, 2.05) is 26.0 Å². The van der Waals surface area contributed by atoms with Gasteiger partial charge >= 0.3 is 0 Å². The van der Waals surface area contributed by atoms with E-state index in [0.29, 0.717) is 29.8 Å². The minimum atomic E-state index is -0.232. The molecule has 0 spiro atoms. The number of halogens is 1. The number of hydrogen-bond donors (Lipinski definition) is 3. The lowest BCUT2D eigenvalue weighted by Gasteiger charge is -2.20. The summed E-state index contributed by atoms with van der Waals surface area (Å²) in [5.74, 6) is 1.68. The summed E-state index contributed by atoms with van der Waals surface area (Å²) in [5, 5.41) is 15.9. The van der Waals surface area contributed by atoms with Crippen LogP contribution in [-0.2, 0) is 6.54 Å². The third kappa shape index (κ3) is 4.66. The molecule has 1 heterocycles. The molecule has 25 heavy (non-hydrogen) atoms. The lowest BCUT2D eigenvalue weighted by atomic mass is 10.1. The summed E-state index contributed by atoms with van der Waals surface area (Å²) >= 11 is 0. The van der Waals surface area contributed by atoms with Gasteiger partial charge < -0.3 is 15.7 Å². The molecule has 3 rings (SSSR count). The van der Waals surface area contributed by atoms with E-state index in [2.05, 4.69) is 20.6 Å². The van der Waals surface area contributed by atoms with Crippen LogP contribution in [0, 0.1) is 11.7 Å². The number of hydrogen-bond acceptors (Lipinski definition) is 5. The van der Waals surface area contributed by atoms with Gasteiger partial charge in [-0.15, -0.1) is 0 Å². The van der Waals surface area contributed by atoms with Crippen molar-refractivity contribution in [1.82, 2.24) is 9.97 Å². The van der Waals surface area contributed by atoms with Crippen molar-refractivity contribution >= 4 is 11.8 Å². The Bertz CT molecular complexity index is 718. The third-order valence-corrected chi connectivity index (χ3v) is 4.48. The van der Waals surface area contributed by atoms with Crippen molar-refractivity contribution in [2.24, 2.45) is 5.92 Å². The van der Waals surface area contributed by atoms with Crippen molar-refractivity contribution in [3.63, 3.8) is 0 Å². The SMILES string of the molecule is CC(C)[C@@H](CO)Nc1nc(NCc2ccccc2F)cc(C2CC2)n1. The first-order valence-corrected chi connectivity index (χ1v) is 8.80. The Hall–Kier alpha value is -2.21. The van der Waals surface area contributed by atoms with Crippen LogP contribution < -0.4 is 10.6 Å². The summed E-state index contributed by atoms with van der Waals surface area (Å²) in [7, 11) is 0. The standard InChI is InChI=1S/C19H25FN4O/c1-12(2)17(11-25)23-19-22-16(13-7-8-13)9-18(24-19)21-10-14-5-3-4-6-15(14)20/h3-6,9,12-13,17,25H,7-8,10-11H2,1-2H3,(H2,21,22,23,24)/t17-/m1/s1. The Morgan fingerprint density at radius 1 is 1.24 bits per heavy atom. The summed E-state index contributed by atoms with van der Waals surface area (Å²) in [5.41, 5.74) is 1.59. The summed E-state index contributed by atoms with van der Waals surface area (Å²) in [6.07, 6.45) is 2.27. The average molecular weight is 344 g/mol. The van der Waals surface area contributed by atoms with Crippen molar-refractivity contribution in [1.29, 1.82) is 0 Å². The molecule has 1 atom stereocenters. The van der Waals surface area contributed by atoms with Crippen LogP contribution >= 0.6 is 0 Å². The molecule has 5 nitrogen and oxygen atoms in total. The molecule has 134 valence electrons. The van der Waals surface area contributed by atoms with Crippen molar-refractivity contribution in [3.8, 4) is 0 Å². The molecule has 2 aromatic rings. The fraction of sp³-hybridized carbons (Fsp3) is 0.474. The smallest absolute Gasteiger partial charge is 0.225 e. The minimum Gasteiger partial charge on any atom is -0.394 e. The van der Waals surface area contributed by atoms with Crippen LogP contribution in [-0.4, -0.2) is 27.7 Å². The van der Waals surface area contributed by atoms with Gasteiger partial charge in [0.25, 0.3) is 0 Å². The topological polar surface area (TPSA) is 70.1 Å². The molecular formula is C19H25FN4O. The van der Waals surface area contributed by atoms with Crippen LogP contribution in [0.2, 0.25) is 0 Å². The summed E-state index contributed by atoms with van der Waals surface area (Å²) in [4.78, 5) is 9.08. The molecule has 3 N–H and O–H groups in total. The van der Waals surface area contributed by atoms with E-state index in [1.165, 1.54) is 6.07 Å². The number of anilines is 2. The fourth-order valence-corrected chi connectivity index (χ4v) is 2.63. The zero-order valence-corrected chi connectivity index (χ0v) is 14.7. The van der Waals surface area contributed by atoms with Crippen LogP contribution in [0.1, 0.15) is 43.9 Å². The Morgan fingerprint density at radius 3 is 2.64 bits per heavy atom. The van der Waals surface area contributed by atoms with Gasteiger partial charge in [-0.2, -0.15) is 4.98 Å². The van der Waals surface area contributed by atoms with Crippen LogP contribution in [0.25, 0.3) is 0 Å². The molecule has 0 saturated heterocycles. The lowest BCUT2D eigenvalue weighted by molar-refractivity contribution is 0.248. The number of aromatic nitrogens is 2. The number of benzene rings is 1. The Balaban J connectivity index is 1.77.